The van der Waals surface area contributed by atoms with Crippen molar-refractivity contribution in [1.82, 2.24) is 0 Å². The molecule has 138 valence electrons. The van der Waals surface area contributed by atoms with Gasteiger partial charge in [-0.3, -0.25) is 0 Å². The van der Waals surface area contributed by atoms with E-state index >= 15 is 0 Å². The lowest BCUT2D eigenvalue weighted by Gasteiger charge is -2.33. The van der Waals surface area contributed by atoms with Crippen LogP contribution in [0.4, 0.5) is 0 Å². The van der Waals surface area contributed by atoms with Gasteiger partial charge >= 0.3 is 0 Å². The SMILES string of the molecule is OC[C@H](O[C@H]1COC2(CCCCC2)O1)C1COC2(CCCCC2)O1. The lowest BCUT2D eigenvalue weighted by molar-refractivity contribution is -0.252. The van der Waals surface area contributed by atoms with E-state index in [2.05, 4.69) is 0 Å². The van der Waals surface area contributed by atoms with Crippen molar-refractivity contribution in [1.29, 1.82) is 0 Å². The van der Waals surface area contributed by atoms with Gasteiger partial charge in [-0.15, -0.1) is 0 Å². The van der Waals surface area contributed by atoms with E-state index in [4.69, 9.17) is 23.7 Å². The van der Waals surface area contributed by atoms with Gasteiger partial charge in [-0.2, -0.15) is 0 Å². The molecule has 2 aliphatic carbocycles. The van der Waals surface area contributed by atoms with Crippen LogP contribution in [-0.2, 0) is 23.7 Å². The fraction of sp³-hybridized carbons (Fsp3) is 1.00. The minimum absolute atomic E-state index is 0.100. The Hall–Kier alpha value is -0.240. The summed E-state index contributed by atoms with van der Waals surface area (Å²) in [4.78, 5) is 0. The van der Waals surface area contributed by atoms with Crippen LogP contribution in [0.2, 0.25) is 0 Å². The maximum absolute atomic E-state index is 9.78. The summed E-state index contributed by atoms with van der Waals surface area (Å²) < 4.78 is 30.1. The molecular weight excluding hydrogens is 312 g/mol. The molecule has 2 aliphatic heterocycles. The highest BCUT2D eigenvalue weighted by Gasteiger charge is 2.47. The highest BCUT2D eigenvalue weighted by Crippen LogP contribution is 2.41. The molecule has 24 heavy (non-hydrogen) atoms. The van der Waals surface area contributed by atoms with Gasteiger partial charge in [-0.25, -0.2) is 0 Å². The lowest BCUT2D eigenvalue weighted by atomic mass is 9.94. The van der Waals surface area contributed by atoms with Gasteiger partial charge in [0, 0.05) is 25.7 Å². The normalized spacial score (nSPS) is 36.4. The van der Waals surface area contributed by atoms with Crippen LogP contribution in [0.5, 0.6) is 0 Å². The Balaban J connectivity index is 1.32. The molecule has 2 spiro atoms. The van der Waals surface area contributed by atoms with Crippen LogP contribution in [0.3, 0.4) is 0 Å². The van der Waals surface area contributed by atoms with Gasteiger partial charge in [0.05, 0.1) is 13.2 Å². The third kappa shape index (κ3) is 3.50. The van der Waals surface area contributed by atoms with Gasteiger partial charge < -0.3 is 28.8 Å². The second kappa shape index (κ2) is 7.17. The first-order valence-corrected chi connectivity index (χ1v) is 9.63. The Morgan fingerprint density at radius 3 is 2.04 bits per heavy atom. The maximum atomic E-state index is 9.78. The standard InChI is InChI=1S/C18H30O6/c19-11-14(15-12-20-17(23-15)7-3-1-4-8-17)22-16-13-21-18(24-16)9-5-2-6-10-18/h14-16,19H,1-13H2/t14-,15?,16+/m0/s1. The molecule has 0 radical (unpaired) electrons. The summed E-state index contributed by atoms with van der Waals surface area (Å²) in [6.07, 6.45) is 9.69. The van der Waals surface area contributed by atoms with E-state index in [0.29, 0.717) is 13.2 Å². The topological polar surface area (TPSA) is 66.4 Å². The summed E-state index contributed by atoms with van der Waals surface area (Å²) in [5.74, 6) is -0.905. The molecule has 0 amide bonds. The Bertz CT molecular complexity index is 416. The minimum atomic E-state index is -0.458. The number of aliphatic hydroxyl groups is 1. The van der Waals surface area contributed by atoms with Crippen LogP contribution in [0, 0.1) is 0 Å². The van der Waals surface area contributed by atoms with E-state index in [-0.39, 0.29) is 12.7 Å². The third-order valence-electron chi connectivity index (χ3n) is 5.86. The van der Waals surface area contributed by atoms with Crippen LogP contribution >= 0.6 is 0 Å². The van der Waals surface area contributed by atoms with E-state index in [1.54, 1.807) is 0 Å². The largest absolute Gasteiger partial charge is 0.394 e. The number of ether oxygens (including phenoxy) is 5. The molecule has 4 rings (SSSR count). The van der Waals surface area contributed by atoms with E-state index < -0.39 is 24.0 Å². The average Bonchev–Trinajstić information content (AvgIpc) is 3.19. The quantitative estimate of drug-likeness (QED) is 0.847. The molecule has 2 saturated carbocycles. The minimum Gasteiger partial charge on any atom is -0.394 e. The van der Waals surface area contributed by atoms with Crippen molar-refractivity contribution in [3.63, 3.8) is 0 Å². The van der Waals surface area contributed by atoms with Crippen LogP contribution in [0.15, 0.2) is 0 Å². The molecule has 0 aromatic heterocycles. The first-order valence-electron chi connectivity index (χ1n) is 9.63. The summed E-state index contributed by atoms with van der Waals surface area (Å²) in [6.45, 7) is 0.802. The van der Waals surface area contributed by atoms with Crippen molar-refractivity contribution in [3.05, 3.63) is 0 Å². The van der Waals surface area contributed by atoms with Crippen molar-refractivity contribution in [3.8, 4) is 0 Å². The van der Waals surface area contributed by atoms with Gasteiger partial charge in [0.15, 0.2) is 17.9 Å². The number of aliphatic hydroxyl groups excluding tert-OH is 1. The summed E-state index contributed by atoms with van der Waals surface area (Å²) in [5, 5.41) is 9.78. The number of hydrogen-bond acceptors (Lipinski definition) is 6. The Labute approximate surface area is 143 Å². The molecule has 0 aromatic carbocycles. The first kappa shape index (κ1) is 17.2. The van der Waals surface area contributed by atoms with Gasteiger partial charge in [0.2, 0.25) is 0 Å². The summed E-state index contributed by atoms with van der Waals surface area (Å²) >= 11 is 0. The molecule has 2 saturated heterocycles. The van der Waals surface area contributed by atoms with Crippen molar-refractivity contribution in [2.24, 2.45) is 0 Å². The van der Waals surface area contributed by atoms with Gasteiger partial charge in [0.1, 0.15) is 18.8 Å². The molecule has 3 atom stereocenters. The number of rotatable bonds is 4. The van der Waals surface area contributed by atoms with E-state index in [1.807, 2.05) is 0 Å². The highest BCUT2D eigenvalue weighted by molar-refractivity contribution is 4.87. The molecule has 1 N–H and O–H groups in total. The van der Waals surface area contributed by atoms with Crippen molar-refractivity contribution in [2.75, 3.05) is 19.8 Å². The molecular formula is C18H30O6. The summed E-state index contributed by atoms with van der Waals surface area (Å²) in [6, 6.07) is 0. The predicted molar refractivity (Wildman–Crippen MR) is 85.2 cm³/mol. The summed E-state index contributed by atoms with van der Waals surface area (Å²) in [7, 11) is 0. The van der Waals surface area contributed by atoms with Gasteiger partial charge in [0.25, 0.3) is 0 Å². The number of hydrogen-bond donors (Lipinski definition) is 1. The van der Waals surface area contributed by atoms with E-state index in [0.717, 1.165) is 51.4 Å². The van der Waals surface area contributed by atoms with Crippen LogP contribution in [0.25, 0.3) is 0 Å². The molecule has 4 fully saturated rings. The first-order chi connectivity index (χ1) is 11.7. The molecule has 4 aliphatic rings. The fourth-order valence-electron chi connectivity index (χ4n) is 4.50. The zero-order valence-electron chi connectivity index (χ0n) is 14.4. The Morgan fingerprint density at radius 1 is 0.833 bits per heavy atom. The highest BCUT2D eigenvalue weighted by atomic mass is 16.8. The lowest BCUT2D eigenvalue weighted by Crippen LogP contribution is -2.41. The molecule has 6 heteroatoms. The zero-order valence-corrected chi connectivity index (χ0v) is 14.4. The van der Waals surface area contributed by atoms with E-state index in [1.165, 1.54) is 12.8 Å². The third-order valence-corrected chi connectivity index (χ3v) is 5.86. The zero-order chi connectivity index (χ0) is 16.5. The van der Waals surface area contributed by atoms with Crippen LogP contribution in [0.1, 0.15) is 64.2 Å². The van der Waals surface area contributed by atoms with Crippen LogP contribution < -0.4 is 0 Å². The monoisotopic (exact) mass is 342 g/mol. The van der Waals surface area contributed by atoms with Gasteiger partial charge in [-0.05, 0) is 25.7 Å². The molecule has 1 unspecified atom stereocenters. The Kier molecular flexibility index (Phi) is 5.14. The Morgan fingerprint density at radius 2 is 1.42 bits per heavy atom. The second-order valence-electron chi connectivity index (χ2n) is 7.63. The fourth-order valence-corrected chi connectivity index (χ4v) is 4.50. The maximum Gasteiger partial charge on any atom is 0.184 e. The van der Waals surface area contributed by atoms with Crippen molar-refractivity contribution in [2.45, 2.75) is 94.3 Å². The second-order valence-corrected chi connectivity index (χ2v) is 7.63. The molecule has 6 nitrogen and oxygen atoms in total. The van der Waals surface area contributed by atoms with Crippen LogP contribution in [-0.4, -0.2) is 55.0 Å². The van der Waals surface area contributed by atoms with Gasteiger partial charge in [-0.1, -0.05) is 12.8 Å². The molecule has 0 bridgehead atoms. The molecule has 0 aromatic rings. The van der Waals surface area contributed by atoms with E-state index in [9.17, 15) is 5.11 Å². The summed E-state index contributed by atoms with van der Waals surface area (Å²) in [5.41, 5.74) is 0. The average molecular weight is 342 g/mol. The van der Waals surface area contributed by atoms with Crippen molar-refractivity contribution < 1.29 is 28.8 Å². The molecule has 2 heterocycles. The predicted octanol–water partition coefficient (Wildman–Crippen LogP) is 2.47. The smallest absolute Gasteiger partial charge is 0.184 e. The van der Waals surface area contributed by atoms with Crippen molar-refractivity contribution >= 4 is 0 Å².